The summed E-state index contributed by atoms with van der Waals surface area (Å²) in [5.74, 6) is 0. The highest BCUT2D eigenvalue weighted by Crippen LogP contribution is 1.96. The summed E-state index contributed by atoms with van der Waals surface area (Å²) in [6.07, 6.45) is -3.44. The predicted molar refractivity (Wildman–Crippen MR) is 36.1 cm³/mol. The van der Waals surface area contributed by atoms with E-state index in [1.165, 1.54) is 0 Å². The van der Waals surface area contributed by atoms with Gasteiger partial charge < -0.3 is 26.8 Å². The first-order valence-electron chi connectivity index (χ1n) is 3.07. The second kappa shape index (κ2) is 4.59. The van der Waals surface area contributed by atoms with Crippen LogP contribution in [-0.2, 0) is 0 Å². The SMILES string of the molecule is NCC(O)C(O)C(O)CN. The Labute approximate surface area is 59.3 Å². The Bertz CT molecular complexity index is 81.0. The van der Waals surface area contributed by atoms with Crippen molar-refractivity contribution in [1.82, 2.24) is 0 Å². The van der Waals surface area contributed by atoms with Crippen LogP contribution in [0.15, 0.2) is 0 Å². The largest absolute Gasteiger partial charge is 0.389 e. The molecule has 10 heavy (non-hydrogen) atoms. The van der Waals surface area contributed by atoms with Crippen LogP contribution in [0, 0.1) is 0 Å². The molecule has 2 atom stereocenters. The normalized spacial score (nSPS) is 20.1. The van der Waals surface area contributed by atoms with Crippen LogP contribution in [-0.4, -0.2) is 46.7 Å². The summed E-state index contributed by atoms with van der Waals surface area (Å²) in [5.41, 5.74) is 10.0. The topological polar surface area (TPSA) is 113 Å². The molecule has 0 fully saturated rings. The van der Waals surface area contributed by atoms with Crippen molar-refractivity contribution in [3.05, 3.63) is 0 Å². The maximum Gasteiger partial charge on any atom is 0.108 e. The minimum Gasteiger partial charge on any atom is -0.389 e. The van der Waals surface area contributed by atoms with E-state index in [0.29, 0.717) is 0 Å². The molecular weight excluding hydrogens is 136 g/mol. The molecule has 0 aromatic carbocycles. The Balaban J connectivity index is 3.69. The van der Waals surface area contributed by atoms with E-state index in [2.05, 4.69) is 0 Å². The van der Waals surface area contributed by atoms with E-state index in [-0.39, 0.29) is 13.1 Å². The van der Waals surface area contributed by atoms with Gasteiger partial charge in [-0.25, -0.2) is 0 Å². The lowest BCUT2D eigenvalue weighted by Gasteiger charge is -2.19. The Morgan fingerprint density at radius 1 is 0.900 bits per heavy atom. The molecule has 0 rings (SSSR count). The molecule has 2 unspecified atom stereocenters. The molecule has 0 aliphatic carbocycles. The summed E-state index contributed by atoms with van der Waals surface area (Å²) < 4.78 is 0. The second-order valence-corrected chi connectivity index (χ2v) is 2.10. The molecule has 0 heterocycles. The van der Waals surface area contributed by atoms with Gasteiger partial charge in [-0.15, -0.1) is 0 Å². The Kier molecular flexibility index (Phi) is 4.50. The highest BCUT2D eigenvalue weighted by molar-refractivity contribution is 4.75. The van der Waals surface area contributed by atoms with Crippen molar-refractivity contribution in [3.63, 3.8) is 0 Å². The number of hydrogen-bond acceptors (Lipinski definition) is 5. The lowest BCUT2D eigenvalue weighted by molar-refractivity contribution is -0.0509. The molecule has 0 aliphatic heterocycles. The van der Waals surface area contributed by atoms with Gasteiger partial charge in [0.1, 0.15) is 6.10 Å². The lowest BCUT2D eigenvalue weighted by atomic mass is 10.1. The van der Waals surface area contributed by atoms with Crippen LogP contribution in [0.25, 0.3) is 0 Å². The molecule has 0 aromatic rings. The van der Waals surface area contributed by atoms with Crippen LogP contribution in [0.4, 0.5) is 0 Å². The monoisotopic (exact) mass is 150 g/mol. The molecule has 0 radical (unpaired) electrons. The van der Waals surface area contributed by atoms with Crippen molar-refractivity contribution in [1.29, 1.82) is 0 Å². The molecule has 5 heteroatoms. The zero-order chi connectivity index (χ0) is 8.15. The van der Waals surface area contributed by atoms with E-state index in [4.69, 9.17) is 26.8 Å². The fourth-order valence-electron chi connectivity index (χ4n) is 0.535. The summed E-state index contributed by atoms with van der Waals surface area (Å²) in [6.45, 7) is -0.170. The van der Waals surface area contributed by atoms with Gasteiger partial charge in [-0.05, 0) is 0 Å². The zero-order valence-corrected chi connectivity index (χ0v) is 5.64. The number of hydrogen-bond donors (Lipinski definition) is 5. The third-order valence-corrected chi connectivity index (χ3v) is 1.27. The fourth-order valence-corrected chi connectivity index (χ4v) is 0.535. The van der Waals surface area contributed by atoms with Crippen LogP contribution in [0.2, 0.25) is 0 Å². The van der Waals surface area contributed by atoms with Crippen LogP contribution >= 0.6 is 0 Å². The van der Waals surface area contributed by atoms with E-state index >= 15 is 0 Å². The minimum absolute atomic E-state index is 0.0851. The molecule has 0 saturated heterocycles. The highest BCUT2D eigenvalue weighted by Gasteiger charge is 2.21. The standard InChI is InChI=1S/C5H14N2O3/c6-1-3(8)5(10)4(9)2-7/h3-5,8-10H,1-2,6-7H2. The summed E-state index contributed by atoms with van der Waals surface area (Å²) in [6, 6.07) is 0. The van der Waals surface area contributed by atoms with Crippen LogP contribution in [0.3, 0.4) is 0 Å². The summed E-state index contributed by atoms with van der Waals surface area (Å²) >= 11 is 0. The maximum absolute atomic E-state index is 8.93. The van der Waals surface area contributed by atoms with Gasteiger partial charge in [-0.2, -0.15) is 0 Å². The Morgan fingerprint density at radius 2 is 1.20 bits per heavy atom. The molecule has 7 N–H and O–H groups in total. The summed E-state index contributed by atoms with van der Waals surface area (Å²) in [7, 11) is 0. The quantitative estimate of drug-likeness (QED) is 0.293. The van der Waals surface area contributed by atoms with Gasteiger partial charge >= 0.3 is 0 Å². The van der Waals surface area contributed by atoms with Crippen LogP contribution in [0.1, 0.15) is 0 Å². The van der Waals surface area contributed by atoms with Crippen molar-refractivity contribution < 1.29 is 15.3 Å². The van der Waals surface area contributed by atoms with E-state index in [1.54, 1.807) is 0 Å². The average Bonchev–Trinajstić information content (AvgIpc) is 2.00. The lowest BCUT2D eigenvalue weighted by Crippen LogP contribution is -2.44. The van der Waals surface area contributed by atoms with Crippen molar-refractivity contribution in [2.75, 3.05) is 13.1 Å². The molecule has 62 valence electrons. The molecular formula is C5H14N2O3. The zero-order valence-electron chi connectivity index (χ0n) is 5.64. The fraction of sp³-hybridized carbons (Fsp3) is 1.00. The molecule has 0 amide bonds. The van der Waals surface area contributed by atoms with Gasteiger partial charge in [-0.1, -0.05) is 0 Å². The third kappa shape index (κ3) is 2.59. The van der Waals surface area contributed by atoms with Crippen molar-refractivity contribution >= 4 is 0 Å². The number of aliphatic hydroxyl groups is 3. The van der Waals surface area contributed by atoms with Crippen molar-refractivity contribution in [2.24, 2.45) is 11.5 Å². The Morgan fingerprint density at radius 3 is 1.40 bits per heavy atom. The first-order valence-corrected chi connectivity index (χ1v) is 3.07. The first kappa shape index (κ1) is 9.80. The average molecular weight is 150 g/mol. The van der Waals surface area contributed by atoms with Gasteiger partial charge in [0.2, 0.25) is 0 Å². The molecule has 5 nitrogen and oxygen atoms in total. The van der Waals surface area contributed by atoms with Gasteiger partial charge in [0.25, 0.3) is 0 Å². The second-order valence-electron chi connectivity index (χ2n) is 2.10. The molecule has 0 saturated carbocycles. The highest BCUT2D eigenvalue weighted by atomic mass is 16.4. The van der Waals surface area contributed by atoms with Crippen LogP contribution < -0.4 is 11.5 Å². The summed E-state index contributed by atoms with van der Waals surface area (Å²) in [5, 5.41) is 26.6. The van der Waals surface area contributed by atoms with Gasteiger partial charge in [0.05, 0.1) is 12.2 Å². The van der Waals surface area contributed by atoms with Gasteiger partial charge in [0, 0.05) is 13.1 Å². The van der Waals surface area contributed by atoms with E-state index in [1.807, 2.05) is 0 Å². The molecule has 0 bridgehead atoms. The molecule has 0 aromatic heterocycles. The van der Waals surface area contributed by atoms with Crippen molar-refractivity contribution in [2.45, 2.75) is 18.3 Å². The number of aliphatic hydroxyl groups excluding tert-OH is 3. The van der Waals surface area contributed by atoms with Crippen molar-refractivity contribution in [3.8, 4) is 0 Å². The minimum atomic E-state index is -1.24. The summed E-state index contributed by atoms with van der Waals surface area (Å²) in [4.78, 5) is 0. The van der Waals surface area contributed by atoms with Gasteiger partial charge in [0.15, 0.2) is 0 Å². The number of nitrogens with two attached hydrogens (primary N) is 2. The first-order chi connectivity index (χ1) is 4.63. The number of rotatable bonds is 4. The Hall–Kier alpha value is -0.200. The maximum atomic E-state index is 8.93. The van der Waals surface area contributed by atoms with E-state index in [0.717, 1.165) is 0 Å². The van der Waals surface area contributed by atoms with E-state index in [9.17, 15) is 0 Å². The third-order valence-electron chi connectivity index (χ3n) is 1.27. The smallest absolute Gasteiger partial charge is 0.108 e. The van der Waals surface area contributed by atoms with E-state index < -0.39 is 18.3 Å². The van der Waals surface area contributed by atoms with Gasteiger partial charge in [-0.3, -0.25) is 0 Å². The predicted octanol–water partition coefficient (Wildman–Crippen LogP) is -3.01. The molecule has 0 aliphatic rings. The molecule has 0 spiro atoms. The van der Waals surface area contributed by atoms with Crippen LogP contribution in [0.5, 0.6) is 0 Å².